The fourth-order valence-electron chi connectivity index (χ4n) is 7.74. The third kappa shape index (κ3) is 7.71. The van der Waals surface area contributed by atoms with Crippen molar-refractivity contribution in [2.24, 2.45) is 12.0 Å². The molecule has 4 aliphatic heterocycles. The minimum atomic E-state index is -3.03. The number of likely N-dealkylation sites (tertiary alicyclic amines) is 1. The highest BCUT2D eigenvalue weighted by atomic mass is 35.5. The van der Waals surface area contributed by atoms with E-state index in [2.05, 4.69) is 20.5 Å². The summed E-state index contributed by atoms with van der Waals surface area (Å²) in [7, 11) is 3.31. The van der Waals surface area contributed by atoms with Crippen molar-refractivity contribution in [2.75, 3.05) is 58.2 Å². The van der Waals surface area contributed by atoms with E-state index in [9.17, 15) is 19.2 Å². The fraction of sp³-hybridized carbons (Fsp3) is 0.447. The number of methoxy groups -OCH3 is 1. The van der Waals surface area contributed by atoms with E-state index in [1.54, 1.807) is 65.2 Å². The van der Waals surface area contributed by atoms with Gasteiger partial charge in [0.2, 0.25) is 17.7 Å². The molecule has 53 heavy (non-hydrogen) atoms. The van der Waals surface area contributed by atoms with Crippen molar-refractivity contribution in [3.63, 3.8) is 0 Å². The lowest BCUT2D eigenvalue weighted by molar-refractivity contribution is -0.138. The second kappa shape index (κ2) is 15.0. The van der Waals surface area contributed by atoms with E-state index in [-0.39, 0.29) is 36.8 Å². The number of nitrogens with one attached hydrogen (secondary N) is 2. The predicted octanol–water partition coefficient (Wildman–Crippen LogP) is 3.63. The summed E-state index contributed by atoms with van der Waals surface area (Å²) in [5.41, 5.74) is 4.98. The van der Waals surface area contributed by atoms with Crippen molar-refractivity contribution in [2.45, 2.75) is 50.2 Å². The van der Waals surface area contributed by atoms with Crippen molar-refractivity contribution in [1.29, 1.82) is 0 Å². The van der Waals surface area contributed by atoms with Crippen molar-refractivity contribution >= 4 is 41.2 Å². The number of rotatable bonds is 9. The quantitative estimate of drug-likeness (QED) is 0.318. The molecule has 7 rings (SSSR count). The molecule has 280 valence electrons. The molecule has 1 aromatic heterocycles. The molecule has 3 fully saturated rings. The number of pyridine rings is 1. The molecule has 0 bridgehead atoms. The zero-order valence-electron chi connectivity index (χ0n) is 29.7. The second-order valence-corrected chi connectivity index (χ2v) is 14.6. The minimum absolute atomic E-state index is 0.0710. The summed E-state index contributed by atoms with van der Waals surface area (Å²) in [6.07, 6.45) is 4.32. The molecule has 2 atom stereocenters. The molecule has 12 nitrogen and oxygen atoms in total. The molecule has 2 unspecified atom stereocenters. The molecule has 4 aliphatic rings. The highest BCUT2D eigenvalue weighted by Gasteiger charge is 2.45. The topological polar surface area (TPSA) is 129 Å². The van der Waals surface area contributed by atoms with Crippen molar-refractivity contribution in [3.05, 3.63) is 80.2 Å². The number of aliphatic imine (C=N–C) groups is 1. The highest BCUT2D eigenvalue weighted by molar-refractivity contribution is 6.32. The standard InChI is InChI=1S/C38H42ClF2N7O5/c1-45-19-28(26-17-42-18-27(26)37(45)52)24-15-31(39)29(33(16-24)53-2)20-46-11-13-48(14-12-46)35(50)21-47-10-9-30(38(40,41)22-47)23-3-5-25(6-4-23)43-32-7-8-34(49)44-36(32)51/h3-6,15-17,19,30,32,43H,7-14,18,20-22H2,1-2H3,(H,44,49,51). The van der Waals surface area contributed by atoms with Gasteiger partial charge in [0, 0.05) is 91.6 Å². The summed E-state index contributed by atoms with van der Waals surface area (Å²) in [6, 6.07) is 9.90. The summed E-state index contributed by atoms with van der Waals surface area (Å²) >= 11 is 6.85. The number of amides is 3. The number of aromatic nitrogens is 1. The number of carbonyl (C=O) groups excluding carboxylic acids is 3. The molecule has 3 saturated heterocycles. The summed E-state index contributed by atoms with van der Waals surface area (Å²) < 4.78 is 38.3. The van der Waals surface area contributed by atoms with E-state index in [4.69, 9.17) is 16.3 Å². The number of imide groups is 1. The molecular weight excluding hydrogens is 708 g/mol. The monoisotopic (exact) mass is 749 g/mol. The average molecular weight is 750 g/mol. The molecular formula is C38H42ClF2N7O5. The van der Waals surface area contributed by atoms with Crippen LogP contribution in [0, 0.1) is 0 Å². The van der Waals surface area contributed by atoms with Crippen LogP contribution in [0.15, 0.2) is 52.4 Å². The van der Waals surface area contributed by atoms with Gasteiger partial charge in [-0.05, 0) is 54.8 Å². The first-order valence-electron chi connectivity index (χ1n) is 17.8. The van der Waals surface area contributed by atoms with Gasteiger partial charge in [0.15, 0.2) is 0 Å². The summed E-state index contributed by atoms with van der Waals surface area (Å²) in [4.78, 5) is 59.1. The van der Waals surface area contributed by atoms with Gasteiger partial charge in [0.25, 0.3) is 11.5 Å². The number of benzene rings is 2. The van der Waals surface area contributed by atoms with Gasteiger partial charge in [-0.1, -0.05) is 23.7 Å². The number of piperidine rings is 2. The molecule has 0 saturated carbocycles. The first kappa shape index (κ1) is 36.7. The van der Waals surface area contributed by atoms with Crippen LogP contribution >= 0.6 is 11.6 Å². The fourth-order valence-corrected chi connectivity index (χ4v) is 8.01. The van der Waals surface area contributed by atoms with Gasteiger partial charge in [-0.15, -0.1) is 0 Å². The van der Waals surface area contributed by atoms with Crippen LogP contribution in [0.4, 0.5) is 14.5 Å². The maximum absolute atomic E-state index is 15.5. The third-order valence-electron chi connectivity index (χ3n) is 10.7. The molecule has 5 heterocycles. The number of fused-ring (bicyclic) bond motifs is 1. The number of nitrogens with zero attached hydrogens (tertiary/aromatic N) is 5. The van der Waals surface area contributed by atoms with Crippen LogP contribution in [0.2, 0.25) is 5.02 Å². The molecule has 0 aliphatic carbocycles. The molecule has 2 N–H and O–H groups in total. The van der Waals surface area contributed by atoms with Gasteiger partial charge in [-0.3, -0.25) is 39.3 Å². The first-order valence-corrected chi connectivity index (χ1v) is 18.2. The van der Waals surface area contributed by atoms with Crippen LogP contribution < -0.4 is 20.9 Å². The number of ether oxygens (including phenoxy) is 1. The highest BCUT2D eigenvalue weighted by Crippen LogP contribution is 2.41. The zero-order valence-corrected chi connectivity index (χ0v) is 30.4. The molecule has 3 aromatic rings. The van der Waals surface area contributed by atoms with E-state index < -0.39 is 30.3 Å². The van der Waals surface area contributed by atoms with Crippen LogP contribution in [-0.4, -0.2) is 108 Å². The Morgan fingerprint density at radius 3 is 2.51 bits per heavy atom. The normalized spacial score (nSPS) is 21.7. The lowest BCUT2D eigenvalue weighted by atomic mass is 9.86. The van der Waals surface area contributed by atoms with Crippen molar-refractivity contribution < 1.29 is 27.9 Å². The Balaban J connectivity index is 0.915. The van der Waals surface area contributed by atoms with E-state index in [0.717, 1.165) is 22.3 Å². The maximum atomic E-state index is 15.5. The largest absolute Gasteiger partial charge is 0.496 e. The molecule has 0 radical (unpaired) electrons. The Morgan fingerprint density at radius 2 is 1.81 bits per heavy atom. The molecule has 15 heteroatoms. The smallest absolute Gasteiger partial charge is 0.267 e. The summed E-state index contributed by atoms with van der Waals surface area (Å²) in [5, 5.41) is 5.90. The predicted molar refractivity (Wildman–Crippen MR) is 197 cm³/mol. The van der Waals surface area contributed by atoms with Crippen LogP contribution in [0.3, 0.4) is 0 Å². The van der Waals surface area contributed by atoms with Gasteiger partial charge < -0.3 is 19.5 Å². The van der Waals surface area contributed by atoms with Gasteiger partial charge >= 0.3 is 0 Å². The van der Waals surface area contributed by atoms with E-state index >= 15 is 8.78 Å². The average Bonchev–Trinajstić information content (AvgIpc) is 3.63. The molecule has 2 aromatic carbocycles. The van der Waals surface area contributed by atoms with Crippen LogP contribution in [0.5, 0.6) is 5.75 Å². The Kier molecular flexibility index (Phi) is 10.4. The number of halogens is 3. The number of piperazine rings is 1. The first-order chi connectivity index (χ1) is 25.4. The number of aryl methyl sites for hydroxylation is 1. The Hall–Kier alpha value is -4.66. The summed E-state index contributed by atoms with van der Waals surface area (Å²) in [6.45, 7) is 2.74. The third-order valence-corrected chi connectivity index (χ3v) is 11.0. The number of carbonyl (C=O) groups is 3. The summed E-state index contributed by atoms with van der Waals surface area (Å²) in [5.74, 6) is -4.27. The van der Waals surface area contributed by atoms with E-state index in [0.29, 0.717) is 79.8 Å². The van der Waals surface area contributed by atoms with Crippen LogP contribution in [-0.2, 0) is 34.5 Å². The minimum Gasteiger partial charge on any atom is -0.496 e. The van der Waals surface area contributed by atoms with Gasteiger partial charge in [0.05, 0.1) is 32.7 Å². The molecule has 3 amide bonds. The van der Waals surface area contributed by atoms with E-state index in [1.165, 1.54) is 0 Å². The Morgan fingerprint density at radius 1 is 1.06 bits per heavy atom. The molecule has 0 spiro atoms. The van der Waals surface area contributed by atoms with Gasteiger partial charge in [-0.25, -0.2) is 8.78 Å². The zero-order chi connectivity index (χ0) is 37.4. The number of alkyl halides is 2. The van der Waals surface area contributed by atoms with Gasteiger partial charge in [0.1, 0.15) is 11.8 Å². The van der Waals surface area contributed by atoms with Crippen molar-refractivity contribution in [3.8, 4) is 16.9 Å². The Labute approximate surface area is 310 Å². The number of hydrogen-bond donors (Lipinski definition) is 2. The Bertz CT molecular complexity index is 2010. The van der Waals surface area contributed by atoms with Crippen LogP contribution in [0.1, 0.15) is 47.4 Å². The lowest BCUT2D eigenvalue weighted by Crippen LogP contribution is -2.54. The van der Waals surface area contributed by atoms with E-state index in [1.807, 2.05) is 12.1 Å². The second-order valence-electron chi connectivity index (χ2n) is 14.2. The number of anilines is 1. The van der Waals surface area contributed by atoms with Gasteiger partial charge in [-0.2, -0.15) is 0 Å². The SMILES string of the molecule is COc1cc(-c2cn(C)c(=O)c3c2C=NC3)cc(Cl)c1CN1CCN(C(=O)CN2CCC(c3ccc(NC4CCC(=O)NC4=O)cc3)C(F)(F)C2)CC1. The lowest BCUT2D eigenvalue weighted by Gasteiger charge is -2.40. The maximum Gasteiger partial charge on any atom is 0.267 e. The number of hydrogen-bond acceptors (Lipinski definition) is 9. The van der Waals surface area contributed by atoms with Crippen molar-refractivity contribution in [1.82, 2.24) is 24.6 Å². The van der Waals surface area contributed by atoms with Crippen LogP contribution in [0.25, 0.3) is 11.1 Å².